The van der Waals surface area contributed by atoms with Crippen LogP contribution in [0.1, 0.15) is 19.4 Å². The minimum atomic E-state index is -0.183. The molecule has 0 saturated heterocycles. The number of rotatable bonds is 7. The van der Waals surface area contributed by atoms with Gasteiger partial charge in [0.2, 0.25) is 5.91 Å². The molecule has 0 aliphatic heterocycles. The van der Waals surface area contributed by atoms with E-state index in [1.54, 1.807) is 22.6 Å². The van der Waals surface area contributed by atoms with Crippen LogP contribution in [0.15, 0.2) is 52.4 Å². The Hall–Kier alpha value is -2.80. The van der Waals surface area contributed by atoms with Gasteiger partial charge in [0.15, 0.2) is 5.16 Å². The number of para-hydroxylation sites is 1. The number of aryl methyl sites for hydroxylation is 1. The summed E-state index contributed by atoms with van der Waals surface area (Å²) in [6, 6.07) is 12.9. The number of benzene rings is 2. The van der Waals surface area contributed by atoms with Crippen LogP contribution in [0.5, 0.6) is 5.75 Å². The number of carbonyl (C=O) groups excluding carboxylic acids is 1. The van der Waals surface area contributed by atoms with Crippen molar-refractivity contribution < 1.29 is 9.53 Å². The van der Waals surface area contributed by atoms with Crippen molar-refractivity contribution in [3.8, 4) is 11.4 Å². The standard InChI is InChI=1S/C22H25N3O3S/c1-5-24(6-2)20(26)14-29-22-23-17-10-8-7-9-16(17)21(27)25(22)18-13-15(3)11-12-19(18)28-4/h7-13H,5-6,14H2,1-4H3. The number of thioether (sulfide) groups is 1. The van der Waals surface area contributed by atoms with E-state index in [1.165, 1.54) is 11.8 Å². The molecule has 0 aliphatic rings. The van der Waals surface area contributed by atoms with Crippen LogP contribution in [0, 0.1) is 6.92 Å². The molecule has 3 aromatic rings. The van der Waals surface area contributed by atoms with Crippen molar-refractivity contribution >= 4 is 28.6 Å². The summed E-state index contributed by atoms with van der Waals surface area (Å²) in [5.41, 5.74) is 2.04. The van der Waals surface area contributed by atoms with E-state index in [1.807, 2.05) is 57.2 Å². The summed E-state index contributed by atoms with van der Waals surface area (Å²) in [6.07, 6.45) is 0. The first-order chi connectivity index (χ1) is 14.0. The molecular weight excluding hydrogens is 386 g/mol. The summed E-state index contributed by atoms with van der Waals surface area (Å²) in [7, 11) is 1.57. The molecule has 1 heterocycles. The molecule has 0 saturated carbocycles. The number of nitrogens with zero attached hydrogens (tertiary/aromatic N) is 3. The highest BCUT2D eigenvalue weighted by molar-refractivity contribution is 7.99. The normalized spacial score (nSPS) is 10.9. The van der Waals surface area contributed by atoms with E-state index in [9.17, 15) is 9.59 Å². The molecule has 0 bridgehead atoms. The Labute approximate surface area is 174 Å². The van der Waals surface area contributed by atoms with Crippen LogP contribution in [0.25, 0.3) is 16.6 Å². The van der Waals surface area contributed by atoms with E-state index < -0.39 is 0 Å². The lowest BCUT2D eigenvalue weighted by Gasteiger charge is -2.19. The quantitative estimate of drug-likeness (QED) is 0.438. The molecule has 6 nitrogen and oxygen atoms in total. The lowest BCUT2D eigenvalue weighted by Crippen LogP contribution is -2.32. The highest BCUT2D eigenvalue weighted by atomic mass is 32.2. The lowest BCUT2D eigenvalue weighted by molar-refractivity contribution is -0.127. The van der Waals surface area contributed by atoms with Crippen LogP contribution in [0.3, 0.4) is 0 Å². The Morgan fingerprint density at radius 2 is 1.90 bits per heavy atom. The molecule has 0 atom stereocenters. The second kappa shape index (κ2) is 9.13. The molecule has 7 heteroatoms. The fourth-order valence-corrected chi connectivity index (χ4v) is 4.10. The summed E-state index contributed by atoms with van der Waals surface area (Å²) in [5.74, 6) is 0.803. The van der Waals surface area contributed by atoms with Crippen LogP contribution in [-0.2, 0) is 4.79 Å². The van der Waals surface area contributed by atoms with Crippen molar-refractivity contribution in [1.29, 1.82) is 0 Å². The highest BCUT2D eigenvalue weighted by Gasteiger charge is 2.19. The van der Waals surface area contributed by atoms with Gasteiger partial charge in [0.1, 0.15) is 5.75 Å². The predicted octanol–water partition coefficient (Wildman–Crippen LogP) is 3.66. The van der Waals surface area contributed by atoms with Crippen LogP contribution in [0.2, 0.25) is 0 Å². The second-order valence-corrected chi connectivity index (χ2v) is 7.52. The zero-order valence-electron chi connectivity index (χ0n) is 17.1. The van der Waals surface area contributed by atoms with E-state index in [-0.39, 0.29) is 17.2 Å². The average Bonchev–Trinajstić information content (AvgIpc) is 2.73. The zero-order chi connectivity index (χ0) is 21.0. The van der Waals surface area contributed by atoms with Crippen LogP contribution in [-0.4, -0.2) is 46.3 Å². The predicted molar refractivity (Wildman–Crippen MR) is 117 cm³/mol. The third-order valence-electron chi connectivity index (χ3n) is 4.76. The van der Waals surface area contributed by atoms with Crippen molar-refractivity contribution in [3.63, 3.8) is 0 Å². The molecule has 29 heavy (non-hydrogen) atoms. The first-order valence-electron chi connectivity index (χ1n) is 9.57. The van der Waals surface area contributed by atoms with Crippen molar-refractivity contribution in [2.45, 2.75) is 25.9 Å². The number of ether oxygens (including phenoxy) is 1. The summed E-state index contributed by atoms with van der Waals surface area (Å²) in [6.45, 7) is 7.17. The summed E-state index contributed by atoms with van der Waals surface area (Å²) >= 11 is 1.27. The third kappa shape index (κ3) is 4.29. The van der Waals surface area contributed by atoms with Crippen LogP contribution in [0.4, 0.5) is 0 Å². The number of fused-ring (bicyclic) bond motifs is 1. The van der Waals surface area contributed by atoms with Crippen molar-refractivity contribution in [1.82, 2.24) is 14.5 Å². The number of hydrogen-bond donors (Lipinski definition) is 0. The molecule has 3 rings (SSSR count). The molecule has 0 fully saturated rings. The number of methoxy groups -OCH3 is 1. The summed E-state index contributed by atoms with van der Waals surface area (Å²) < 4.78 is 7.05. The molecule has 0 unspecified atom stereocenters. The van der Waals surface area contributed by atoms with E-state index in [0.29, 0.717) is 40.6 Å². The number of hydrogen-bond acceptors (Lipinski definition) is 5. The van der Waals surface area contributed by atoms with Gasteiger partial charge in [0.05, 0.1) is 29.5 Å². The molecular formula is C22H25N3O3S. The smallest absolute Gasteiger partial charge is 0.266 e. The number of aromatic nitrogens is 2. The molecule has 0 spiro atoms. The lowest BCUT2D eigenvalue weighted by atomic mass is 10.2. The molecule has 0 N–H and O–H groups in total. The van der Waals surface area contributed by atoms with Crippen LogP contribution < -0.4 is 10.3 Å². The fourth-order valence-electron chi connectivity index (χ4n) is 3.19. The Morgan fingerprint density at radius 1 is 1.17 bits per heavy atom. The maximum Gasteiger partial charge on any atom is 0.266 e. The van der Waals surface area contributed by atoms with E-state index >= 15 is 0 Å². The largest absolute Gasteiger partial charge is 0.495 e. The Balaban J connectivity index is 2.16. The van der Waals surface area contributed by atoms with Crippen molar-refractivity contribution in [2.75, 3.05) is 26.0 Å². The molecule has 152 valence electrons. The van der Waals surface area contributed by atoms with Gasteiger partial charge >= 0.3 is 0 Å². The third-order valence-corrected chi connectivity index (χ3v) is 5.68. The van der Waals surface area contributed by atoms with E-state index in [2.05, 4.69) is 0 Å². The Morgan fingerprint density at radius 3 is 2.59 bits per heavy atom. The van der Waals surface area contributed by atoms with E-state index in [0.717, 1.165) is 5.56 Å². The van der Waals surface area contributed by atoms with Gasteiger partial charge in [-0.15, -0.1) is 0 Å². The van der Waals surface area contributed by atoms with Gasteiger partial charge in [0.25, 0.3) is 5.56 Å². The topological polar surface area (TPSA) is 64.4 Å². The number of amides is 1. The average molecular weight is 412 g/mol. The molecule has 0 aliphatic carbocycles. The minimum Gasteiger partial charge on any atom is -0.495 e. The molecule has 0 radical (unpaired) electrons. The van der Waals surface area contributed by atoms with Crippen molar-refractivity contribution in [2.24, 2.45) is 0 Å². The summed E-state index contributed by atoms with van der Waals surface area (Å²) in [4.78, 5) is 32.4. The monoisotopic (exact) mass is 411 g/mol. The zero-order valence-corrected chi connectivity index (χ0v) is 18.0. The fraction of sp³-hybridized carbons (Fsp3) is 0.318. The van der Waals surface area contributed by atoms with E-state index in [4.69, 9.17) is 9.72 Å². The minimum absolute atomic E-state index is 0.0187. The maximum absolute atomic E-state index is 13.4. The van der Waals surface area contributed by atoms with Gasteiger partial charge in [-0.2, -0.15) is 0 Å². The van der Waals surface area contributed by atoms with Crippen molar-refractivity contribution in [3.05, 3.63) is 58.4 Å². The van der Waals surface area contributed by atoms with Gasteiger partial charge in [-0.1, -0.05) is 30.0 Å². The highest BCUT2D eigenvalue weighted by Crippen LogP contribution is 2.28. The molecule has 1 aromatic heterocycles. The summed E-state index contributed by atoms with van der Waals surface area (Å²) in [5, 5.41) is 0.994. The van der Waals surface area contributed by atoms with Gasteiger partial charge in [-0.3, -0.25) is 14.2 Å². The molecule has 1 amide bonds. The van der Waals surface area contributed by atoms with Gasteiger partial charge < -0.3 is 9.64 Å². The van der Waals surface area contributed by atoms with Gasteiger partial charge in [0, 0.05) is 13.1 Å². The Kier molecular flexibility index (Phi) is 6.59. The first-order valence-corrected chi connectivity index (χ1v) is 10.6. The maximum atomic E-state index is 13.4. The first kappa shape index (κ1) is 20.9. The number of carbonyl (C=O) groups is 1. The van der Waals surface area contributed by atoms with Gasteiger partial charge in [-0.25, -0.2) is 4.98 Å². The molecule has 2 aromatic carbocycles. The second-order valence-electron chi connectivity index (χ2n) is 6.58. The van der Waals surface area contributed by atoms with Crippen LogP contribution >= 0.6 is 11.8 Å². The SMILES string of the molecule is CCN(CC)C(=O)CSc1nc2ccccc2c(=O)n1-c1cc(C)ccc1OC. The van der Waals surface area contributed by atoms with Gasteiger partial charge in [-0.05, 0) is 50.6 Å². The Bertz CT molecular complexity index is 1090.